The molecule has 1 aliphatic heterocycles. The van der Waals surface area contributed by atoms with Crippen LogP contribution in [0.5, 0.6) is 0 Å². The number of hydrogen-bond donors (Lipinski definition) is 1. The molecule has 0 aliphatic carbocycles. The lowest BCUT2D eigenvalue weighted by molar-refractivity contribution is -0.118. The SMILES string of the molecule is O=C(CCN(CCCO)C(c1ccccc1)c1ccccc1)N1CCc2ccccc21. The van der Waals surface area contributed by atoms with Crippen LogP contribution in [0.2, 0.25) is 0 Å². The van der Waals surface area contributed by atoms with Crippen LogP contribution < -0.4 is 4.90 Å². The number of para-hydroxylation sites is 1. The van der Waals surface area contributed by atoms with E-state index >= 15 is 0 Å². The van der Waals surface area contributed by atoms with Crippen LogP contribution in [-0.4, -0.2) is 42.2 Å². The maximum absolute atomic E-state index is 13.1. The third-order valence-electron chi connectivity index (χ3n) is 6.00. The lowest BCUT2D eigenvalue weighted by atomic mass is 9.96. The third-order valence-corrected chi connectivity index (χ3v) is 6.00. The van der Waals surface area contributed by atoms with Crippen molar-refractivity contribution in [2.45, 2.75) is 25.3 Å². The molecule has 160 valence electrons. The third kappa shape index (κ3) is 5.04. The summed E-state index contributed by atoms with van der Waals surface area (Å²) in [5.41, 5.74) is 4.70. The number of nitrogens with zero attached hydrogens (tertiary/aromatic N) is 2. The number of anilines is 1. The zero-order valence-corrected chi connectivity index (χ0v) is 17.9. The largest absolute Gasteiger partial charge is 0.396 e. The monoisotopic (exact) mass is 414 g/mol. The van der Waals surface area contributed by atoms with E-state index in [-0.39, 0.29) is 18.6 Å². The fourth-order valence-electron chi connectivity index (χ4n) is 4.50. The molecule has 3 aromatic rings. The highest BCUT2D eigenvalue weighted by molar-refractivity contribution is 5.95. The van der Waals surface area contributed by atoms with Gasteiger partial charge in [0.25, 0.3) is 0 Å². The highest BCUT2D eigenvalue weighted by atomic mass is 16.3. The smallest absolute Gasteiger partial charge is 0.228 e. The minimum Gasteiger partial charge on any atom is -0.396 e. The number of carbonyl (C=O) groups is 1. The Hall–Kier alpha value is -2.95. The van der Waals surface area contributed by atoms with E-state index in [1.165, 1.54) is 16.7 Å². The average Bonchev–Trinajstić information content (AvgIpc) is 3.26. The number of carbonyl (C=O) groups excluding carboxylic acids is 1. The van der Waals surface area contributed by atoms with Crippen molar-refractivity contribution in [3.63, 3.8) is 0 Å². The summed E-state index contributed by atoms with van der Waals surface area (Å²) < 4.78 is 0. The number of benzene rings is 3. The topological polar surface area (TPSA) is 43.8 Å². The molecule has 0 unspecified atom stereocenters. The molecule has 1 heterocycles. The molecule has 0 spiro atoms. The highest BCUT2D eigenvalue weighted by Gasteiger charge is 2.27. The van der Waals surface area contributed by atoms with Crippen molar-refractivity contribution in [2.24, 2.45) is 0 Å². The van der Waals surface area contributed by atoms with E-state index in [4.69, 9.17) is 0 Å². The van der Waals surface area contributed by atoms with Crippen LogP contribution in [0.1, 0.15) is 35.6 Å². The summed E-state index contributed by atoms with van der Waals surface area (Å²) in [6.07, 6.45) is 2.06. The van der Waals surface area contributed by atoms with E-state index < -0.39 is 0 Å². The van der Waals surface area contributed by atoms with Gasteiger partial charge in [-0.05, 0) is 35.6 Å². The molecule has 4 nitrogen and oxygen atoms in total. The summed E-state index contributed by atoms with van der Waals surface area (Å²) in [5, 5.41) is 9.50. The Morgan fingerprint density at radius 3 is 2.13 bits per heavy atom. The van der Waals surface area contributed by atoms with Crippen LogP contribution in [0.25, 0.3) is 0 Å². The zero-order chi connectivity index (χ0) is 21.5. The van der Waals surface area contributed by atoms with Gasteiger partial charge in [0.2, 0.25) is 5.91 Å². The van der Waals surface area contributed by atoms with Crippen LogP contribution in [-0.2, 0) is 11.2 Å². The quantitative estimate of drug-likeness (QED) is 0.563. The molecule has 1 N–H and O–H groups in total. The van der Waals surface area contributed by atoms with Gasteiger partial charge < -0.3 is 10.0 Å². The highest BCUT2D eigenvalue weighted by Crippen LogP contribution is 2.31. The van der Waals surface area contributed by atoms with Gasteiger partial charge in [-0.1, -0.05) is 78.9 Å². The van der Waals surface area contributed by atoms with Gasteiger partial charge in [0, 0.05) is 38.3 Å². The van der Waals surface area contributed by atoms with Gasteiger partial charge in [-0.3, -0.25) is 9.69 Å². The van der Waals surface area contributed by atoms with Crippen molar-refractivity contribution >= 4 is 11.6 Å². The molecule has 1 aliphatic rings. The van der Waals surface area contributed by atoms with Crippen LogP contribution >= 0.6 is 0 Å². The van der Waals surface area contributed by atoms with Gasteiger partial charge in [0.15, 0.2) is 0 Å². The normalized spacial score (nSPS) is 13.1. The first-order valence-corrected chi connectivity index (χ1v) is 11.1. The number of aliphatic hydroxyl groups excluding tert-OH is 1. The summed E-state index contributed by atoms with van der Waals surface area (Å²) in [6, 6.07) is 29.1. The number of amides is 1. The van der Waals surface area contributed by atoms with Crippen molar-refractivity contribution < 1.29 is 9.90 Å². The minimum absolute atomic E-state index is 0.0487. The Labute approximate surface area is 184 Å². The molecule has 0 atom stereocenters. The lowest BCUT2D eigenvalue weighted by Crippen LogP contribution is -2.36. The molecular formula is C27H30N2O2. The lowest BCUT2D eigenvalue weighted by Gasteiger charge is -2.33. The number of hydrogen-bond acceptors (Lipinski definition) is 3. The molecule has 3 aromatic carbocycles. The second kappa shape index (κ2) is 10.4. The van der Waals surface area contributed by atoms with Crippen LogP contribution in [0.4, 0.5) is 5.69 Å². The second-order valence-electron chi connectivity index (χ2n) is 8.01. The number of aliphatic hydroxyl groups is 1. The molecule has 0 aromatic heterocycles. The van der Waals surface area contributed by atoms with E-state index in [9.17, 15) is 9.90 Å². The Morgan fingerprint density at radius 1 is 0.871 bits per heavy atom. The van der Waals surface area contributed by atoms with Gasteiger partial charge in [0.1, 0.15) is 0 Å². The first-order valence-electron chi connectivity index (χ1n) is 11.1. The molecule has 4 rings (SSSR count). The predicted molar refractivity (Wildman–Crippen MR) is 125 cm³/mol. The summed E-state index contributed by atoms with van der Waals surface area (Å²) >= 11 is 0. The first-order chi connectivity index (χ1) is 15.3. The minimum atomic E-state index is 0.0487. The van der Waals surface area contributed by atoms with Gasteiger partial charge in [-0.25, -0.2) is 0 Å². The van der Waals surface area contributed by atoms with Crippen molar-refractivity contribution in [1.82, 2.24) is 4.90 Å². The Bertz CT molecular complexity index is 935. The number of fused-ring (bicyclic) bond motifs is 1. The van der Waals surface area contributed by atoms with Crippen LogP contribution in [0.3, 0.4) is 0 Å². The summed E-state index contributed by atoms with van der Waals surface area (Å²) in [5.74, 6) is 0.166. The fraction of sp³-hybridized carbons (Fsp3) is 0.296. The zero-order valence-electron chi connectivity index (χ0n) is 17.9. The molecule has 4 heteroatoms. The molecular weight excluding hydrogens is 384 g/mol. The maximum atomic E-state index is 13.1. The van der Waals surface area contributed by atoms with Gasteiger partial charge in [-0.15, -0.1) is 0 Å². The molecule has 31 heavy (non-hydrogen) atoms. The molecule has 0 fully saturated rings. The molecule has 0 saturated carbocycles. The van der Waals surface area contributed by atoms with Crippen molar-refractivity contribution in [2.75, 3.05) is 31.1 Å². The molecule has 0 saturated heterocycles. The van der Waals surface area contributed by atoms with Crippen molar-refractivity contribution in [3.8, 4) is 0 Å². The fourth-order valence-corrected chi connectivity index (χ4v) is 4.50. The van der Waals surface area contributed by atoms with Crippen molar-refractivity contribution in [1.29, 1.82) is 0 Å². The van der Waals surface area contributed by atoms with Crippen LogP contribution in [0.15, 0.2) is 84.9 Å². The van der Waals surface area contributed by atoms with Crippen molar-refractivity contribution in [3.05, 3.63) is 102 Å². The molecule has 1 amide bonds. The first kappa shape index (κ1) is 21.3. The summed E-state index contributed by atoms with van der Waals surface area (Å²) in [7, 11) is 0. The van der Waals surface area contributed by atoms with E-state index in [1.54, 1.807) is 0 Å². The van der Waals surface area contributed by atoms with E-state index in [2.05, 4.69) is 59.5 Å². The number of rotatable bonds is 9. The Morgan fingerprint density at radius 2 is 1.48 bits per heavy atom. The maximum Gasteiger partial charge on any atom is 0.228 e. The van der Waals surface area contributed by atoms with E-state index in [0.717, 1.165) is 25.2 Å². The van der Waals surface area contributed by atoms with Gasteiger partial charge in [0.05, 0.1) is 6.04 Å². The Balaban J connectivity index is 1.55. The van der Waals surface area contributed by atoms with E-state index in [1.807, 2.05) is 35.2 Å². The van der Waals surface area contributed by atoms with Gasteiger partial charge in [-0.2, -0.15) is 0 Å². The molecule has 0 bridgehead atoms. The van der Waals surface area contributed by atoms with Crippen LogP contribution in [0, 0.1) is 0 Å². The van der Waals surface area contributed by atoms with Gasteiger partial charge >= 0.3 is 0 Å². The summed E-state index contributed by atoms with van der Waals surface area (Å²) in [4.78, 5) is 17.4. The average molecular weight is 415 g/mol. The molecule has 0 radical (unpaired) electrons. The summed E-state index contributed by atoms with van der Waals surface area (Å²) in [6.45, 7) is 2.27. The Kier molecular flexibility index (Phi) is 7.13. The standard InChI is InChI=1S/C27H30N2O2/c30-21-9-18-28(19-17-26(31)29-20-16-22-10-7-8-15-25(22)29)27(23-11-3-1-4-12-23)24-13-5-2-6-14-24/h1-8,10-15,27,30H,9,16-21H2. The predicted octanol–water partition coefficient (Wildman–Crippen LogP) is 4.44. The van der Waals surface area contributed by atoms with E-state index in [0.29, 0.717) is 19.4 Å². The second-order valence-corrected chi connectivity index (χ2v) is 8.01.